The summed E-state index contributed by atoms with van der Waals surface area (Å²) >= 11 is 0. The van der Waals surface area contributed by atoms with E-state index in [1.54, 1.807) is 16.4 Å². The molecule has 1 aromatic rings. The monoisotopic (exact) mass is 323 g/mol. The van der Waals surface area contributed by atoms with Crippen LogP contribution < -0.4 is 10.6 Å². The van der Waals surface area contributed by atoms with Gasteiger partial charge in [-0.2, -0.15) is 4.31 Å². The van der Waals surface area contributed by atoms with Crippen LogP contribution in [0.15, 0.2) is 23.1 Å². The average Bonchev–Trinajstić information content (AvgIpc) is 3.03. The van der Waals surface area contributed by atoms with E-state index in [2.05, 4.69) is 11.8 Å². The van der Waals surface area contributed by atoms with Crippen molar-refractivity contribution in [2.75, 3.05) is 36.8 Å². The van der Waals surface area contributed by atoms with E-state index in [0.29, 0.717) is 23.7 Å². The van der Waals surface area contributed by atoms with Crippen molar-refractivity contribution in [1.29, 1.82) is 0 Å². The molecular weight excluding hydrogens is 298 g/mol. The van der Waals surface area contributed by atoms with Gasteiger partial charge < -0.3 is 10.6 Å². The summed E-state index contributed by atoms with van der Waals surface area (Å²) in [6.45, 7) is 5.49. The van der Waals surface area contributed by atoms with Crippen LogP contribution in [0.3, 0.4) is 0 Å². The third kappa shape index (κ3) is 2.94. The highest BCUT2D eigenvalue weighted by Crippen LogP contribution is 2.31. The summed E-state index contributed by atoms with van der Waals surface area (Å²) in [5, 5.41) is 0. The number of rotatable bonds is 3. The van der Waals surface area contributed by atoms with Crippen LogP contribution in [0, 0.1) is 5.92 Å². The zero-order valence-electron chi connectivity index (χ0n) is 13.2. The van der Waals surface area contributed by atoms with Crippen molar-refractivity contribution in [3.8, 4) is 0 Å². The molecule has 2 saturated heterocycles. The second-order valence-corrected chi connectivity index (χ2v) is 8.44. The van der Waals surface area contributed by atoms with Crippen molar-refractivity contribution in [3.63, 3.8) is 0 Å². The smallest absolute Gasteiger partial charge is 0.243 e. The molecule has 122 valence electrons. The minimum Gasteiger partial charge on any atom is -0.397 e. The highest BCUT2D eigenvalue weighted by atomic mass is 32.2. The number of piperidine rings is 1. The third-order valence-corrected chi connectivity index (χ3v) is 6.72. The lowest BCUT2D eigenvalue weighted by molar-refractivity contribution is 0.438. The van der Waals surface area contributed by atoms with Crippen molar-refractivity contribution in [1.82, 2.24) is 4.31 Å². The van der Waals surface area contributed by atoms with E-state index in [1.165, 1.54) is 0 Å². The number of anilines is 2. The van der Waals surface area contributed by atoms with E-state index in [0.717, 1.165) is 50.4 Å². The Morgan fingerprint density at radius 3 is 2.32 bits per heavy atom. The van der Waals surface area contributed by atoms with Crippen LogP contribution in [0.5, 0.6) is 0 Å². The molecule has 0 aliphatic carbocycles. The minimum atomic E-state index is -3.38. The van der Waals surface area contributed by atoms with Gasteiger partial charge in [0.2, 0.25) is 10.0 Å². The lowest BCUT2D eigenvalue weighted by Gasteiger charge is -2.33. The molecule has 2 aliphatic rings. The normalized spacial score (nSPS) is 21.4. The van der Waals surface area contributed by atoms with Crippen molar-refractivity contribution in [2.24, 2.45) is 5.92 Å². The molecule has 0 radical (unpaired) electrons. The van der Waals surface area contributed by atoms with Gasteiger partial charge in [0.15, 0.2) is 0 Å². The van der Waals surface area contributed by atoms with E-state index >= 15 is 0 Å². The third-order valence-electron chi connectivity index (χ3n) is 4.83. The molecule has 1 aromatic carbocycles. The molecule has 0 unspecified atom stereocenters. The van der Waals surface area contributed by atoms with Crippen LogP contribution >= 0.6 is 0 Å². The molecule has 0 amide bonds. The number of sulfonamides is 1. The number of hydrogen-bond donors (Lipinski definition) is 1. The molecule has 0 atom stereocenters. The van der Waals surface area contributed by atoms with Gasteiger partial charge in [-0.1, -0.05) is 6.92 Å². The van der Waals surface area contributed by atoms with Gasteiger partial charge in [0.25, 0.3) is 0 Å². The second kappa shape index (κ2) is 6.08. The van der Waals surface area contributed by atoms with E-state index in [-0.39, 0.29) is 0 Å². The maximum atomic E-state index is 12.6. The molecule has 0 saturated carbocycles. The predicted octanol–water partition coefficient (Wildman–Crippen LogP) is 2.29. The van der Waals surface area contributed by atoms with Gasteiger partial charge in [-0.25, -0.2) is 8.42 Å². The maximum absolute atomic E-state index is 12.6. The predicted molar refractivity (Wildman–Crippen MR) is 89.5 cm³/mol. The summed E-state index contributed by atoms with van der Waals surface area (Å²) < 4.78 is 26.7. The Bertz CT molecular complexity index is 631. The van der Waals surface area contributed by atoms with E-state index < -0.39 is 10.0 Å². The summed E-state index contributed by atoms with van der Waals surface area (Å²) in [4.78, 5) is 2.59. The quantitative estimate of drug-likeness (QED) is 0.867. The van der Waals surface area contributed by atoms with Gasteiger partial charge >= 0.3 is 0 Å². The SMILES string of the molecule is CC1CCN(c2ccc(S(=O)(=O)N3CCCC3)cc2N)CC1. The molecule has 0 spiro atoms. The van der Waals surface area contributed by atoms with Gasteiger partial charge in [-0.3, -0.25) is 0 Å². The summed E-state index contributed by atoms with van der Waals surface area (Å²) in [6.07, 6.45) is 4.21. The molecule has 6 heteroatoms. The molecule has 5 nitrogen and oxygen atoms in total. The van der Waals surface area contributed by atoms with E-state index in [4.69, 9.17) is 5.73 Å². The molecule has 0 aromatic heterocycles. The number of nitrogens with two attached hydrogens (primary N) is 1. The second-order valence-electron chi connectivity index (χ2n) is 6.50. The Labute approximate surface area is 133 Å². The van der Waals surface area contributed by atoms with E-state index in [9.17, 15) is 8.42 Å². The highest BCUT2D eigenvalue weighted by Gasteiger charge is 2.28. The molecule has 3 rings (SSSR count). The summed E-state index contributed by atoms with van der Waals surface area (Å²) in [5.74, 6) is 0.757. The standard InChI is InChI=1S/C16H25N3O2S/c1-13-6-10-18(11-7-13)16-5-4-14(12-15(16)17)22(20,21)19-8-2-3-9-19/h4-5,12-13H,2-3,6-11,17H2,1H3. The first-order valence-electron chi connectivity index (χ1n) is 8.13. The van der Waals surface area contributed by atoms with Gasteiger partial charge in [0.1, 0.15) is 0 Å². The summed E-state index contributed by atoms with van der Waals surface area (Å²) in [5.41, 5.74) is 7.69. The first-order chi connectivity index (χ1) is 10.5. The Morgan fingerprint density at radius 1 is 1.09 bits per heavy atom. The van der Waals surface area contributed by atoms with Crippen molar-refractivity contribution >= 4 is 21.4 Å². The largest absolute Gasteiger partial charge is 0.397 e. The maximum Gasteiger partial charge on any atom is 0.243 e. The molecule has 0 bridgehead atoms. The molecule has 22 heavy (non-hydrogen) atoms. The fourth-order valence-electron chi connectivity index (χ4n) is 3.31. The minimum absolute atomic E-state index is 0.320. The lowest BCUT2D eigenvalue weighted by Crippen LogP contribution is -2.33. The highest BCUT2D eigenvalue weighted by molar-refractivity contribution is 7.89. The van der Waals surface area contributed by atoms with E-state index in [1.807, 2.05) is 6.07 Å². The van der Waals surface area contributed by atoms with Crippen LogP contribution in [0.4, 0.5) is 11.4 Å². The van der Waals surface area contributed by atoms with Crippen LogP contribution in [-0.4, -0.2) is 38.9 Å². The van der Waals surface area contributed by atoms with Crippen molar-refractivity contribution in [2.45, 2.75) is 37.5 Å². The molecular formula is C16H25N3O2S. The summed E-state index contributed by atoms with van der Waals surface area (Å²) in [7, 11) is -3.38. The molecule has 2 aliphatic heterocycles. The summed E-state index contributed by atoms with van der Waals surface area (Å²) in [6, 6.07) is 5.20. The zero-order valence-corrected chi connectivity index (χ0v) is 14.0. The molecule has 2 fully saturated rings. The number of hydrogen-bond acceptors (Lipinski definition) is 4. The van der Waals surface area contributed by atoms with Crippen molar-refractivity contribution in [3.05, 3.63) is 18.2 Å². The fraction of sp³-hybridized carbons (Fsp3) is 0.625. The topological polar surface area (TPSA) is 66.6 Å². The fourth-order valence-corrected chi connectivity index (χ4v) is 4.86. The van der Waals surface area contributed by atoms with Crippen LogP contribution in [0.2, 0.25) is 0 Å². The Kier molecular flexibility index (Phi) is 4.32. The van der Waals surface area contributed by atoms with Gasteiger partial charge in [0.05, 0.1) is 16.3 Å². The van der Waals surface area contributed by atoms with Gasteiger partial charge in [-0.15, -0.1) is 0 Å². The first-order valence-corrected chi connectivity index (χ1v) is 9.57. The van der Waals surface area contributed by atoms with Gasteiger partial charge in [0, 0.05) is 26.2 Å². The Balaban J connectivity index is 1.83. The van der Waals surface area contributed by atoms with Crippen LogP contribution in [0.1, 0.15) is 32.6 Å². The lowest BCUT2D eigenvalue weighted by atomic mass is 9.98. The number of nitrogen functional groups attached to an aromatic ring is 1. The molecule has 2 N–H and O–H groups in total. The first kappa shape index (κ1) is 15.6. The molecule has 2 heterocycles. The Morgan fingerprint density at radius 2 is 1.73 bits per heavy atom. The van der Waals surface area contributed by atoms with Gasteiger partial charge in [-0.05, 0) is 49.8 Å². The number of nitrogens with zero attached hydrogens (tertiary/aromatic N) is 2. The zero-order chi connectivity index (χ0) is 15.7. The van der Waals surface area contributed by atoms with Crippen LogP contribution in [-0.2, 0) is 10.0 Å². The Hall–Kier alpha value is -1.27. The van der Waals surface area contributed by atoms with Crippen molar-refractivity contribution < 1.29 is 8.42 Å². The average molecular weight is 323 g/mol. The number of benzene rings is 1. The van der Waals surface area contributed by atoms with Crippen LogP contribution in [0.25, 0.3) is 0 Å².